The second-order valence-electron chi connectivity index (χ2n) is 3.17. The van der Waals surface area contributed by atoms with E-state index >= 15 is 0 Å². The van der Waals surface area contributed by atoms with Gasteiger partial charge < -0.3 is 15.8 Å². The van der Waals surface area contributed by atoms with E-state index in [1.54, 1.807) is 6.07 Å². The highest BCUT2D eigenvalue weighted by molar-refractivity contribution is 9.10. The highest BCUT2D eigenvalue weighted by Gasteiger charge is 2.08. The van der Waals surface area contributed by atoms with E-state index in [9.17, 15) is 4.79 Å². The summed E-state index contributed by atoms with van der Waals surface area (Å²) < 4.78 is 5.61. The SMILES string of the molecule is COCC(=O)Nc1c(C)cc(Br)cc1N. The number of hydrogen-bond acceptors (Lipinski definition) is 3. The van der Waals surface area contributed by atoms with Crippen molar-refractivity contribution in [2.24, 2.45) is 0 Å². The van der Waals surface area contributed by atoms with E-state index in [4.69, 9.17) is 10.5 Å². The highest BCUT2D eigenvalue weighted by Crippen LogP contribution is 2.27. The van der Waals surface area contributed by atoms with E-state index < -0.39 is 0 Å². The van der Waals surface area contributed by atoms with Crippen molar-refractivity contribution in [2.45, 2.75) is 6.92 Å². The second kappa shape index (κ2) is 5.14. The van der Waals surface area contributed by atoms with Crippen LogP contribution in [0, 0.1) is 6.92 Å². The molecule has 0 aromatic heterocycles. The second-order valence-corrected chi connectivity index (χ2v) is 4.08. The zero-order valence-corrected chi connectivity index (χ0v) is 10.2. The van der Waals surface area contributed by atoms with E-state index in [0.717, 1.165) is 10.0 Å². The van der Waals surface area contributed by atoms with Crippen LogP contribution in [-0.4, -0.2) is 19.6 Å². The topological polar surface area (TPSA) is 64.3 Å². The van der Waals surface area contributed by atoms with Gasteiger partial charge in [-0.2, -0.15) is 0 Å². The molecule has 0 unspecified atom stereocenters. The number of anilines is 2. The van der Waals surface area contributed by atoms with Crippen molar-refractivity contribution in [3.8, 4) is 0 Å². The van der Waals surface area contributed by atoms with Gasteiger partial charge in [0.05, 0.1) is 11.4 Å². The van der Waals surface area contributed by atoms with Crippen molar-refractivity contribution < 1.29 is 9.53 Å². The van der Waals surface area contributed by atoms with Gasteiger partial charge in [0.15, 0.2) is 0 Å². The summed E-state index contributed by atoms with van der Waals surface area (Å²) in [7, 11) is 1.47. The molecule has 0 atom stereocenters. The van der Waals surface area contributed by atoms with E-state index in [1.165, 1.54) is 7.11 Å². The van der Waals surface area contributed by atoms with Crippen LogP contribution in [0.15, 0.2) is 16.6 Å². The number of rotatable bonds is 3. The van der Waals surface area contributed by atoms with Gasteiger partial charge in [0.1, 0.15) is 6.61 Å². The van der Waals surface area contributed by atoms with Gasteiger partial charge in [-0.15, -0.1) is 0 Å². The number of halogens is 1. The molecule has 1 aromatic rings. The maximum Gasteiger partial charge on any atom is 0.250 e. The third kappa shape index (κ3) is 3.21. The predicted octanol–water partition coefficient (Wildman–Crippen LogP) is 1.92. The van der Waals surface area contributed by atoms with E-state index in [1.807, 2.05) is 13.0 Å². The number of benzene rings is 1. The van der Waals surface area contributed by atoms with E-state index in [0.29, 0.717) is 11.4 Å². The molecule has 82 valence electrons. The van der Waals surface area contributed by atoms with E-state index in [2.05, 4.69) is 21.2 Å². The fraction of sp³-hybridized carbons (Fsp3) is 0.300. The van der Waals surface area contributed by atoms with Crippen LogP contribution in [0.3, 0.4) is 0 Å². The summed E-state index contributed by atoms with van der Waals surface area (Å²) in [6.07, 6.45) is 0. The summed E-state index contributed by atoms with van der Waals surface area (Å²) in [6, 6.07) is 3.63. The van der Waals surface area contributed by atoms with Crippen molar-refractivity contribution in [1.82, 2.24) is 0 Å². The van der Waals surface area contributed by atoms with Gasteiger partial charge in [0.2, 0.25) is 5.91 Å². The van der Waals surface area contributed by atoms with Crippen LogP contribution in [-0.2, 0) is 9.53 Å². The lowest BCUT2D eigenvalue weighted by atomic mass is 10.1. The standard InChI is InChI=1S/C10H13BrN2O2/c1-6-3-7(11)4-8(12)10(6)13-9(14)5-15-2/h3-4H,5,12H2,1-2H3,(H,13,14). The summed E-state index contributed by atoms with van der Waals surface area (Å²) >= 11 is 3.33. The molecule has 0 radical (unpaired) electrons. The van der Waals surface area contributed by atoms with Crippen LogP contribution >= 0.6 is 15.9 Å². The summed E-state index contributed by atoms with van der Waals surface area (Å²) in [6.45, 7) is 1.90. The number of carbonyl (C=O) groups excluding carboxylic acids is 1. The van der Waals surface area contributed by atoms with Crippen molar-refractivity contribution in [1.29, 1.82) is 0 Å². The first-order chi connectivity index (χ1) is 7.04. The fourth-order valence-electron chi connectivity index (χ4n) is 1.25. The van der Waals surface area contributed by atoms with Crippen molar-refractivity contribution in [3.63, 3.8) is 0 Å². The smallest absolute Gasteiger partial charge is 0.250 e. The molecule has 1 rings (SSSR count). The van der Waals surface area contributed by atoms with Crippen LogP contribution in [0.4, 0.5) is 11.4 Å². The van der Waals surface area contributed by atoms with Crippen LogP contribution < -0.4 is 11.1 Å². The molecule has 0 heterocycles. The summed E-state index contributed by atoms with van der Waals surface area (Å²) in [5.74, 6) is -0.213. The molecule has 4 nitrogen and oxygen atoms in total. The molecule has 0 aliphatic carbocycles. The number of aryl methyl sites for hydroxylation is 1. The van der Waals surface area contributed by atoms with Gasteiger partial charge in [-0.25, -0.2) is 0 Å². The van der Waals surface area contributed by atoms with Gasteiger partial charge in [-0.05, 0) is 24.6 Å². The average Bonchev–Trinajstić information content (AvgIpc) is 2.11. The molecule has 0 aliphatic heterocycles. The minimum Gasteiger partial charge on any atom is -0.397 e. The summed E-state index contributed by atoms with van der Waals surface area (Å²) in [5, 5.41) is 2.70. The van der Waals surface area contributed by atoms with Crippen molar-refractivity contribution in [3.05, 3.63) is 22.2 Å². The molecule has 0 fully saturated rings. The van der Waals surface area contributed by atoms with Crippen molar-refractivity contribution >= 4 is 33.2 Å². The first-order valence-corrected chi connectivity index (χ1v) is 5.18. The Bertz CT molecular complexity index is 357. The first kappa shape index (κ1) is 12.0. The predicted molar refractivity (Wildman–Crippen MR) is 63.8 cm³/mol. The lowest BCUT2D eigenvalue weighted by Crippen LogP contribution is -2.18. The molecule has 3 N–H and O–H groups in total. The number of nitrogens with one attached hydrogen (secondary N) is 1. The maximum atomic E-state index is 11.3. The van der Waals surface area contributed by atoms with Gasteiger partial charge in [0.25, 0.3) is 0 Å². The first-order valence-electron chi connectivity index (χ1n) is 4.39. The molecule has 1 amide bonds. The number of nitrogen functional groups attached to an aromatic ring is 1. The van der Waals surface area contributed by atoms with Crippen LogP contribution in [0.1, 0.15) is 5.56 Å². The summed E-state index contributed by atoms with van der Waals surface area (Å²) in [5.41, 5.74) is 7.86. The minimum atomic E-state index is -0.213. The number of nitrogens with two attached hydrogens (primary N) is 1. The maximum absolute atomic E-state index is 11.3. The molecule has 0 saturated heterocycles. The lowest BCUT2D eigenvalue weighted by molar-refractivity contribution is -0.119. The zero-order valence-electron chi connectivity index (χ0n) is 8.63. The Labute approximate surface area is 96.9 Å². The number of methoxy groups -OCH3 is 1. The fourth-order valence-corrected chi connectivity index (χ4v) is 1.84. The van der Waals surface area contributed by atoms with E-state index in [-0.39, 0.29) is 12.5 Å². The van der Waals surface area contributed by atoms with Gasteiger partial charge >= 0.3 is 0 Å². The quantitative estimate of drug-likeness (QED) is 0.827. The Kier molecular flexibility index (Phi) is 4.11. The largest absolute Gasteiger partial charge is 0.397 e. The zero-order chi connectivity index (χ0) is 11.4. The normalized spacial score (nSPS) is 10.1. The lowest BCUT2D eigenvalue weighted by Gasteiger charge is -2.11. The monoisotopic (exact) mass is 272 g/mol. The highest BCUT2D eigenvalue weighted by atomic mass is 79.9. The Morgan fingerprint density at radius 3 is 2.80 bits per heavy atom. The Morgan fingerprint density at radius 1 is 1.60 bits per heavy atom. The molecule has 0 saturated carbocycles. The number of amides is 1. The number of ether oxygens (including phenoxy) is 1. The van der Waals surface area contributed by atoms with Gasteiger partial charge in [-0.1, -0.05) is 15.9 Å². The third-order valence-electron chi connectivity index (χ3n) is 1.87. The summed E-state index contributed by atoms with van der Waals surface area (Å²) in [4.78, 5) is 11.3. The molecule has 5 heteroatoms. The molecule has 1 aromatic carbocycles. The van der Waals surface area contributed by atoms with Gasteiger partial charge in [-0.3, -0.25) is 4.79 Å². The molecular formula is C10H13BrN2O2. The molecule has 0 bridgehead atoms. The van der Waals surface area contributed by atoms with Crippen LogP contribution in [0.2, 0.25) is 0 Å². The van der Waals surface area contributed by atoms with Crippen LogP contribution in [0.25, 0.3) is 0 Å². The van der Waals surface area contributed by atoms with Crippen LogP contribution in [0.5, 0.6) is 0 Å². The van der Waals surface area contributed by atoms with Crippen molar-refractivity contribution in [2.75, 3.05) is 24.8 Å². The Morgan fingerprint density at radius 2 is 2.27 bits per heavy atom. The average molecular weight is 273 g/mol. The Hall–Kier alpha value is -1.07. The molecule has 0 spiro atoms. The minimum absolute atomic E-state index is 0.0228. The molecule has 15 heavy (non-hydrogen) atoms. The number of carbonyl (C=O) groups is 1. The molecule has 0 aliphatic rings. The third-order valence-corrected chi connectivity index (χ3v) is 2.33. The number of hydrogen-bond donors (Lipinski definition) is 2. The van der Waals surface area contributed by atoms with Gasteiger partial charge in [0, 0.05) is 11.6 Å². The molecular weight excluding hydrogens is 260 g/mol. The Balaban J connectivity index is 2.90.